The van der Waals surface area contributed by atoms with E-state index in [1.54, 1.807) is 56.0 Å². The largest absolute Gasteiger partial charge is 0.489 e. The van der Waals surface area contributed by atoms with Crippen LogP contribution in [0.1, 0.15) is 25.2 Å². The normalized spacial score (nSPS) is 11.6. The molecule has 0 aliphatic carbocycles. The molecule has 10 nitrogen and oxygen atoms in total. The molecule has 0 bridgehead atoms. The summed E-state index contributed by atoms with van der Waals surface area (Å²) in [5, 5.41) is 15.5. The Bertz CT molecular complexity index is 1580. The number of anilines is 1. The van der Waals surface area contributed by atoms with E-state index in [0.29, 0.717) is 34.1 Å². The molecule has 3 aromatic heterocycles. The average Bonchev–Trinajstić information content (AvgIpc) is 3.22. The monoisotopic (exact) mass is 515 g/mol. The van der Waals surface area contributed by atoms with Gasteiger partial charge in [0.1, 0.15) is 53.3 Å². The van der Waals surface area contributed by atoms with Gasteiger partial charge < -0.3 is 20.3 Å². The van der Waals surface area contributed by atoms with Crippen LogP contribution in [0.5, 0.6) is 17.2 Å². The molecule has 5 aromatic rings. The van der Waals surface area contributed by atoms with Gasteiger partial charge >= 0.3 is 0 Å². The molecule has 0 amide bonds. The lowest BCUT2D eigenvalue weighted by molar-refractivity contribution is 0.0590. The van der Waals surface area contributed by atoms with E-state index < -0.39 is 11.4 Å². The Morgan fingerprint density at radius 2 is 1.68 bits per heavy atom. The summed E-state index contributed by atoms with van der Waals surface area (Å²) in [7, 11) is 0. The average molecular weight is 516 g/mol. The summed E-state index contributed by atoms with van der Waals surface area (Å²) in [6.07, 6.45) is 4.70. The Kier molecular flexibility index (Phi) is 6.60. The highest BCUT2D eigenvalue weighted by Crippen LogP contribution is 2.33. The van der Waals surface area contributed by atoms with E-state index in [-0.39, 0.29) is 24.7 Å². The van der Waals surface area contributed by atoms with E-state index in [9.17, 15) is 9.50 Å². The molecule has 0 atom stereocenters. The summed E-state index contributed by atoms with van der Waals surface area (Å²) in [6.45, 7) is 5.60. The van der Waals surface area contributed by atoms with Crippen molar-refractivity contribution in [2.75, 3.05) is 5.73 Å². The molecule has 0 radical (unpaired) electrons. The van der Waals surface area contributed by atoms with E-state index >= 15 is 0 Å². The highest BCUT2D eigenvalue weighted by Gasteiger charge is 2.21. The first-order valence-corrected chi connectivity index (χ1v) is 11.8. The van der Waals surface area contributed by atoms with Crippen molar-refractivity contribution >= 4 is 16.9 Å². The quantitative estimate of drug-likeness (QED) is 0.307. The maximum absolute atomic E-state index is 14.3. The van der Waals surface area contributed by atoms with Crippen molar-refractivity contribution in [2.24, 2.45) is 0 Å². The second-order valence-corrected chi connectivity index (χ2v) is 9.45. The fourth-order valence-corrected chi connectivity index (χ4v) is 3.87. The van der Waals surface area contributed by atoms with Gasteiger partial charge in [-0.1, -0.05) is 0 Å². The molecule has 38 heavy (non-hydrogen) atoms. The summed E-state index contributed by atoms with van der Waals surface area (Å²) < 4.78 is 27.5. The van der Waals surface area contributed by atoms with Gasteiger partial charge in [-0.2, -0.15) is 5.10 Å². The first-order valence-electron chi connectivity index (χ1n) is 11.8. The topological polar surface area (TPSA) is 134 Å². The molecule has 194 valence electrons. The zero-order valence-corrected chi connectivity index (χ0v) is 21.1. The minimum Gasteiger partial charge on any atom is -0.489 e. The number of nitrogens with zero attached hydrogens (tertiary/aromatic N) is 6. The van der Waals surface area contributed by atoms with Crippen LogP contribution in [0.15, 0.2) is 61.2 Å². The van der Waals surface area contributed by atoms with Gasteiger partial charge in [0.05, 0.1) is 17.5 Å². The third kappa shape index (κ3) is 5.68. The van der Waals surface area contributed by atoms with Crippen LogP contribution < -0.4 is 15.2 Å². The van der Waals surface area contributed by atoms with Crippen LogP contribution in [0.4, 0.5) is 10.2 Å². The standard InChI is InChI=1S/C27H26FN7O3/c1-16-30-11-17(12-31-16)13-37-21-8-19(28)9-22(10-21)38-20-6-4-18(5-7-20)24-23-25(29)32-15-33-26(23)35(34-24)14-27(2,3)36/h4-12,15,36H,13-14H2,1-3H3,(H2,29,32,33). The van der Waals surface area contributed by atoms with Gasteiger partial charge in [-0.15, -0.1) is 0 Å². The fourth-order valence-electron chi connectivity index (χ4n) is 3.87. The van der Waals surface area contributed by atoms with E-state index in [1.807, 2.05) is 12.1 Å². The number of aliphatic hydroxyl groups is 1. The predicted molar refractivity (Wildman–Crippen MR) is 139 cm³/mol. The van der Waals surface area contributed by atoms with Crippen molar-refractivity contribution in [3.8, 4) is 28.5 Å². The maximum Gasteiger partial charge on any atom is 0.164 e. The number of aromatic nitrogens is 6. The minimum absolute atomic E-state index is 0.193. The molecule has 0 saturated carbocycles. The molecule has 0 aliphatic heterocycles. The zero-order valence-electron chi connectivity index (χ0n) is 21.1. The fraction of sp³-hybridized carbons (Fsp3) is 0.222. The van der Waals surface area contributed by atoms with Gasteiger partial charge in [0.25, 0.3) is 0 Å². The van der Waals surface area contributed by atoms with Crippen LogP contribution in [-0.4, -0.2) is 40.4 Å². The first kappa shape index (κ1) is 25.0. The maximum atomic E-state index is 14.3. The SMILES string of the molecule is Cc1ncc(COc2cc(F)cc(Oc3ccc(-c4nn(CC(C)(C)O)c5ncnc(N)c45)cc3)c2)cn1. The molecular formula is C27H26FN7O3. The summed E-state index contributed by atoms with van der Waals surface area (Å²) in [4.78, 5) is 16.7. The highest BCUT2D eigenvalue weighted by molar-refractivity contribution is 5.98. The van der Waals surface area contributed by atoms with Gasteiger partial charge in [-0.05, 0) is 45.0 Å². The number of rotatable bonds is 8. The molecule has 3 heterocycles. The van der Waals surface area contributed by atoms with Crippen LogP contribution in [0.25, 0.3) is 22.3 Å². The summed E-state index contributed by atoms with van der Waals surface area (Å²) >= 11 is 0. The molecule has 0 aliphatic rings. The molecule has 0 unspecified atom stereocenters. The molecular weight excluding hydrogens is 489 g/mol. The van der Waals surface area contributed by atoms with Crippen LogP contribution in [0, 0.1) is 12.7 Å². The van der Waals surface area contributed by atoms with E-state index in [2.05, 4.69) is 25.0 Å². The number of ether oxygens (including phenoxy) is 2. The van der Waals surface area contributed by atoms with Crippen molar-refractivity contribution in [3.63, 3.8) is 0 Å². The van der Waals surface area contributed by atoms with Crippen LogP contribution in [0.2, 0.25) is 0 Å². The van der Waals surface area contributed by atoms with Crippen molar-refractivity contribution in [1.29, 1.82) is 0 Å². The Morgan fingerprint density at radius 1 is 0.974 bits per heavy atom. The van der Waals surface area contributed by atoms with Gasteiger partial charge in [-0.25, -0.2) is 29.0 Å². The highest BCUT2D eigenvalue weighted by atomic mass is 19.1. The summed E-state index contributed by atoms with van der Waals surface area (Å²) in [5.41, 5.74) is 7.77. The van der Waals surface area contributed by atoms with Crippen LogP contribution >= 0.6 is 0 Å². The van der Waals surface area contributed by atoms with Gasteiger partial charge in [0.15, 0.2) is 5.65 Å². The number of fused-ring (bicyclic) bond motifs is 1. The molecule has 0 saturated heterocycles. The molecule has 5 rings (SSSR count). The number of hydrogen-bond acceptors (Lipinski definition) is 9. The van der Waals surface area contributed by atoms with Gasteiger partial charge in [0, 0.05) is 41.7 Å². The zero-order chi connectivity index (χ0) is 26.9. The molecule has 2 aromatic carbocycles. The number of halogens is 1. The number of hydrogen-bond donors (Lipinski definition) is 2. The Balaban J connectivity index is 1.36. The second kappa shape index (κ2) is 10.0. The predicted octanol–water partition coefficient (Wildman–Crippen LogP) is 4.46. The Hall–Kier alpha value is -4.64. The number of nitrogen functional groups attached to an aromatic ring is 1. The van der Waals surface area contributed by atoms with E-state index in [4.69, 9.17) is 15.2 Å². The first-order chi connectivity index (χ1) is 18.1. The van der Waals surface area contributed by atoms with Crippen LogP contribution in [-0.2, 0) is 13.2 Å². The minimum atomic E-state index is -1.00. The smallest absolute Gasteiger partial charge is 0.164 e. The van der Waals surface area contributed by atoms with Gasteiger partial charge in [0.2, 0.25) is 0 Å². The Morgan fingerprint density at radius 3 is 2.39 bits per heavy atom. The summed E-state index contributed by atoms with van der Waals surface area (Å²) in [6, 6.07) is 11.3. The van der Waals surface area contributed by atoms with Crippen molar-refractivity contribution in [1.82, 2.24) is 29.7 Å². The van der Waals surface area contributed by atoms with Gasteiger partial charge in [-0.3, -0.25) is 0 Å². The van der Waals surface area contributed by atoms with Crippen molar-refractivity contribution < 1.29 is 19.0 Å². The number of nitrogens with two attached hydrogens (primary N) is 1. The summed E-state index contributed by atoms with van der Waals surface area (Å²) in [5.74, 6) is 1.54. The van der Waals surface area contributed by atoms with Crippen molar-refractivity contribution in [2.45, 2.75) is 39.5 Å². The number of aryl methyl sites for hydroxylation is 1. The molecule has 0 fully saturated rings. The third-order valence-corrected chi connectivity index (χ3v) is 5.54. The van der Waals surface area contributed by atoms with E-state index in [1.165, 1.54) is 18.5 Å². The Labute approximate surface area is 217 Å². The molecule has 0 spiro atoms. The lowest BCUT2D eigenvalue weighted by atomic mass is 10.1. The van der Waals surface area contributed by atoms with E-state index in [0.717, 1.165) is 11.1 Å². The molecule has 11 heteroatoms. The second-order valence-electron chi connectivity index (χ2n) is 9.45. The lowest BCUT2D eigenvalue weighted by Crippen LogP contribution is -2.26. The van der Waals surface area contributed by atoms with Crippen molar-refractivity contribution in [3.05, 3.63) is 78.4 Å². The number of benzene rings is 2. The van der Waals surface area contributed by atoms with Crippen LogP contribution in [0.3, 0.4) is 0 Å². The molecule has 3 N–H and O–H groups in total. The third-order valence-electron chi connectivity index (χ3n) is 5.54. The lowest BCUT2D eigenvalue weighted by Gasteiger charge is -2.16.